The van der Waals surface area contributed by atoms with Crippen molar-refractivity contribution < 1.29 is 23.8 Å². The molecule has 2 aliphatic rings. The van der Waals surface area contributed by atoms with Crippen LogP contribution >= 0.6 is 0 Å². The molecule has 1 aromatic carbocycles. The van der Waals surface area contributed by atoms with Crippen LogP contribution < -0.4 is 14.2 Å². The number of piperidine rings is 1. The zero-order valence-electron chi connectivity index (χ0n) is 16.7. The van der Waals surface area contributed by atoms with Crippen LogP contribution in [0.15, 0.2) is 28.8 Å². The lowest BCUT2D eigenvalue weighted by Crippen LogP contribution is -2.45. The number of aryl methyl sites for hydroxylation is 1. The van der Waals surface area contributed by atoms with Crippen LogP contribution in [0.25, 0.3) is 0 Å². The maximum atomic E-state index is 12.8. The van der Waals surface area contributed by atoms with E-state index in [9.17, 15) is 9.59 Å². The predicted octanol–water partition coefficient (Wildman–Crippen LogP) is 1.92. The molecule has 3 rings (SSSR count). The summed E-state index contributed by atoms with van der Waals surface area (Å²) >= 11 is 0. The molecule has 8 nitrogen and oxygen atoms in total. The number of rotatable bonds is 6. The molecule has 0 radical (unpaired) electrons. The van der Waals surface area contributed by atoms with E-state index in [1.54, 1.807) is 38.4 Å². The van der Waals surface area contributed by atoms with Gasteiger partial charge in [0.05, 0.1) is 21.3 Å². The number of nitrogens with zero attached hydrogens (tertiary/aromatic N) is 3. The van der Waals surface area contributed by atoms with E-state index in [1.165, 1.54) is 0 Å². The number of dihydropyridines is 1. The molecule has 1 unspecified atom stereocenters. The fourth-order valence-corrected chi connectivity index (χ4v) is 3.69. The van der Waals surface area contributed by atoms with Crippen LogP contribution in [-0.2, 0) is 16.0 Å². The molecule has 0 aliphatic carbocycles. The molecule has 1 atom stereocenters. The normalized spacial score (nSPS) is 18.2. The van der Waals surface area contributed by atoms with E-state index in [2.05, 4.69) is 4.99 Å². The highest BCUT2D eigenvalue weighted by Gasteiger charge is 2.31. The van der Waals surface area contributed by atoms with Crippen LogP contribution in [0, 0.1) is 17.2 Å². The third kappa shape index (κ3) is 4.09. The van der Waals surface area contributed by atoms with Crippen LogP contribution in [0.3, 0.4) is 0 Å². The summed E-state index contributed by atoms with van der Waals surface area (Å²) in [5, 5.41) is 9.05. The van der Waals surface area contributed by atoms with Gasteiger partial charge in [0.2, 0.25) is 11.7 Å². The van der Waals surface area contributed by atoms with Crippen molar-refractivity contribution in [1.29, 1.82) is 5.26 Å². The monoisotopic (exact) mass is 397 g/mol. The molecule has 0 aromatic heterocycles. The number of methoxy groups -OCH3 is 3. The summed E-state index contributed by atoms with van der Waals surface area (Å²) in [4.78, 5) is 30.3. The number of nitriles is 1. The third-order valence-corrected chi connectivity index (χ3v) is 5.19. The first-order valence-electron chi connectivity index (χ1n) is 9.31. The Morgan fingerprint density at radius 2 is 2.00 bits per heavy atom. The lowest BCUT2D eigenvalue weighted by molar-refractivity contribution is -0.131. The summed E-state index contributed by atoms with van der Waals surface area (Å²) in [6, 6.07) is 5.53. The van der Waals surface area contributed by atoms with Gasteiger partial charge in [-0.25, -0.2) is 4.99 Å². The molecule has 2 amide bonds. The van der Waals surface area contributed by atoms with Gasteiger partial charge in [-0.3, -0.25) is 9.59 Å². The van der Waals surface area contributed by atoms with Crippen molar-refractivity contribution in [2.24, 2.45) is 10.9 Å². The van der Waals surface area contributed by atoms with E-state index in [1.807, 2.05) is 12.1 Å². The summed E-state index contributed by atoms with van der Waals surface area (Å²) in [7, 11) is 4.65. The second-order valence-corrected chi connectivity index (χ2v) is 6.79. The minimum Gasteiger partial charge on any atom is -0.493 e. The zero-order chi connectivity index (χ0) is 21.0. The zero-order valence-corrected chi connectivity index (χ0v) is 16.7. The lowest BCUT2D eigenvalue weighted by atomic mass is 9.90. The SMILES string of the molecule is COc1ccc(CCC(=O)N2CCC3=NC(=O)C(C#N)=CC3C2)c(OC)c1OC. The Kier molecular flexibility index (Phi) is 6.17. The van der Waals surface area contributed by atoms with Crippen LogP contribution in [0.2, 0.25) is 0 Å². The Morgan fingerprint density at radius 3 is 2.66 bits per heavy atom. The fourth-order valence-electron chi connectivity index (χ4n) is 3.69. The van der Waals surface area contributed by atoms with Crippen LogP contribution in [0.1, 0.15) is 18.4 Å². The molecule has 0 N–H and O–H groups in total. The molecule has 0 bridgehead atoms. The molecule has 0 saturated carbocycles. The maximum Gasteiger partial charge on any atom is 0.287 e. The smallest absolute Gasteiger partial charge is 0.287 e. The molecule has 1 fully saturated rings. The summed E-state index contributed by atoms with van der Waals surface area (Å²) in [5.41, 5.74) is 1.65. The first-order chi connectivity index (χ1) is 14.0. The molecule has 152 valence electrons. The van der Waals surface area contributed by atoms with Crippen LogP contribution in [-0.4, -0.2) is 56.8 Å². The average molecular weight is 397 g/mol. The van der Waals surface area contributed by atoms with Crippen molar-refractivity contribution in [3.63, 3.8) is 0 Å². The van der Waals surface area contributed by atoms with Gasteiger partial charge < -0.3 is 19.1 Å². The Hall–Kier alpha value is -3.34. The van der Waals surface area contributed by atoms with Gasteiger partial charge in [0.25, 0.3) is 5.91 Å². The Balaban J connectivity index is 1.68. The van der Waals surface area contributed by atoms with Gasteiger partial charge in [-0.2, -0.15) is 5.26 Å². The van der Waals surface area contributed by atoms with E-state index in [4.69, 9.17) is 19.5 Å². The second kappa shape index (κ2) is 8.78. The van der Waals surface area contributed by atoms with E-state index in [-0.39, 0.29) is 17.4 Å². The fraction of sp³-hybridized carbons (Fsp3) is 0.429. The number of likely N-dealkylation sites (tertiary alicyclic amines) is 1. The number of hydrogen-bond acceptors (Lipinski definition) is 6. The number of fused-ring (bicyclic) bond motifs is 1. The topological polar surface area (TPSA) is 101 Å². The number of ether oxygens (including phenoxy) is 3. The minimum absolute atomic E-state index is 0.00435. The number of aliphatic imine (C=N–C) groups is 1. The molecule has 1 saturated heterocycles. The molecule has 2 heterocycles. The van der Waals surface area contributed by atoms with Crippen molar-refractivity contribution in [3.05, 3.63) is 29.3 Å². The van der Waals surface area contributed by atoms with Gasteiger partial charge in [0.1, 0.15) is 11.6 Å². The predicted molar refractivity (Wildman–Crippen MR) is 105 cm³/mol. The Labute approximate surface area is 169 Å². The standard InChI is InChI=1S/C21H23N3O5/c1-27-17-6-4-13(19(28-2)20(17)29-3)5-7-18(25)24-9-8-16-15(12-24)10-14(11-22)21(26)23-16/h4,6,10,15H,5,7-9,12H2,1-3H3. The second-order valence-electron chi connectivity index (χ2n) is 6.79. The highest BCUT2D eigenvalue weighted by atomic mass is 16.5. The minimum atomic E-state index is -0.487. The number of benzene rings is 1. The highest BCUT2D eigenvalue weighted by Crippen LogP contribution is 2.40. The molecule has 8 heteroatoms. The van der Waals surface area contributed by atoms with E-state index in [0.717, 1.165) is 11.3 Å². The molecule has 0 spiro atoms. The summed E-state index contributed by atoms with van der Waals surface area (Å²) in [6.45, 7) is 0.944. The number of carbonyl (C=O) groups is 2. The largest absolute Gasteiger partial charge is 0.493 e. The van der Waals surface area contributed by atoms with Gasteiger partial charge in [-0.1, -0.05) is 12.1 Å². The number of amides is 2. The molecule has 1 aromatic rings. The highest BCUT2D eigenvalue weighted by molar-refractivity contribution is 6.10. The number of hydrogen-bond donors (Lipinski definition) is 0. The number of carbonyl (C=O) groups excluding carboxylic acids is 2. The van der Waals surface area contributed by atoms with Gasteiger partial charge in [-0.15, -0.1) is 0 Å². The Morgan fingerprint density at radius 1 is 1.24 bits per heavy atom. The Bertz CT molecular complexity index is 929. The van der Waals surface area contributed by atoms with Gasteiger partial charge >= 0.3 is 0 Å². The molecule has 29 heavy (non-hydrogen) atoms. The van der Waals surface area contributed by atoms with Gasteiger partial charge in [0.15, 0.2) is 11.5 Å². The van der Waals surface area contributed by atoms with Crippen molar-refractivity contribution >= 4 is 17.5 Å². The summed E-state index contributed by atoms with van der Waals surface area (Å²) in [6.07, 6.45) is 2.96. The van der Waals surface area contributed by atoms with E-state index >= 15 is 0 Å². The summed E-state index contributed by atoms with van der Waals surface area (Å²) in [5.74, 6) is 0.966. The lowest BCUT2D eigenvalue weighted by Gasteiger charge is -2.34. The van der Waals surface area contributed by atoms with Crippen molar-refractivity contribution in [3.8, 4) is 23.3 Å². The van der Waals surface area contributed by atoms with Crippen LogP contribution in [0.5, 0.6) is 17.2 Å². The average Bonchev–Trinajstić information content (AvgIpc) is 2.75. The molecular weight excluding hydrogens is 374 g/mol. The first kappa shape index (κ1) is 20.4. The third-order valence-electron chi connectivity index (χ3n) is 5.19. The first-order valence-corrected chi connectivity index (χ1v) is 9.31. The van der Waals surface area contributed by atoms with Crippen molar-refractivity contribution in [2.45, 2.75) is 19.3 Å². The quantitative estimate of drug-likeness (QED) is 0.727. The molecular formula is C21H23N3O5. The molecule has 2 aliphatic heterocycles. The van der Waals surface area contributed by atoms with Crippen LogP contribution in [0.4, 0.5) is 0 Å². The maximum absolute atomic E-state index is 12.8. The summed E-state index contributed by atoms with van der Waals surface area (Å²) < 4.78 is 16.2. The van der Waals surface area contributed by atoms with Crippen molar-refractivity contribution in [1.82, 2.24) is 4.90 Å². The van der Waals surface area contributed by atoms with E-state index < -0.39 is 5.91 Å². The van der Waals surface area contributed by atoms with Gasteiger partial charge in [0, 0.05) is 37.6 Å². The van der Waals surface area contributed by atoms with Crippen molar-refractivity contribution in [2.75, 3.05) is 34.4 Å². The van der Waals surface area contributed by atoms with Gasteiger partial charge in [-0.05, 0) is 18.1 Å². The van der Waals surface area contributed by atoms with E-state index in [0.29, 0.717) is 49.6 Å².